The Morgan fingerprint density at radius 2 is 1.95 bits per heavy atom. The number of ether oxygens (including phenoxy) is 1. The maximum Gasteiger partial charge on any atom is 0.216 e. The summed E-state index contributed by atoms with van der Waals surface area (Å²) >= 11 is 0. The smallest absolute Gasteiger partial charge is 0.216 e. The van der Waals surface area contributed by atoms with Crippen molar-refractivity contribution in [3.05, 3.63) is 17.8 Å². The molecule has 2 aliphatic heterocycles. The van der Waals surface area contributed by atoms with Crippen LogP contribution in [0.25, 0.3) is 0 Å². The van der Waals surface area contributed by atoms with E-state index in [-0.39, 0.29) is 6.10 Å². The molecule has 1 N–H and O–H groups in total. The molecule has 6 nitrogen and oxygen atoms in total. The van der Waals surface area contributed by atoms with Crippen LogP contribution in [0.2, 0.25) is 0 Å². The van der Waals surface area contributed by atoms with Crippen LogP contribution in [0.5, 0.6) is 5.88 Å². The first-order chi connectivity index (χ1) is 10.7. The minimum atomic E-state index is 0.202. The molecule has 0 bridgehead atoms. The van der Waals surface area contributed by atoms with Gasteiger partial charge in [0.2, 0.25) is 5.88 Å². The lowest BCUT2D eigenvalue weighted by Crippen LogP contribution is -2.43. The first-order valence-corrected chi connectivity index (χ1v) is 7.97. The average Bonchev–Trinajstić information content (AvgIpc) is 2.57. The molecule has 0 radical (unpaired) electrons. The van der Waals surface area contributed by atoms with Crippen LogP contribution in [-0.2, 0) is 0 Å². The van der Waals surface area contributed by atoms with Gasteiger partial charge in [0.15, 0.2) is 0 Å². The zero-order valence-corrected chi connectivity index (χ0v) is 13.1. The van der Waals surface area contributed by atoms with Crippen molar-refractivity contribution in [2.45, 2.75) is 18.9 Å². The number of hydrogen-bond donors (Lipinski definition) is 1. The molecule has 3 rings (SSSR count). The van der Waals surface area contributed by atoms with Crippen LogP contribution in [0.3, 0.4) is 0 Å². The van der Waals surface area contributed by atoms with E-state index in [9.17, 15) is 5.26 Å². The summed E-state index contributed by atoms with van der Waals surface area (Å²) in [6.07, 6.45) is 2.23. The highest BCUT2D eigenvalue weighted by atomic mass is 16.5. The lowest BCUT2D eigenvalue weighted by Gasteiger charge is -2.31. The van der Waals surface area contributed by atoms with E-state index in [1.165, 1.54) is 0 Å². The molecule has 0 aliphatic carbocycles. The van der Waals surface area contributed by atoms with E-state index in [2.05, 4.69) is 33.2 Å². The van der Waals surface area contributed by atoms with E-state index < -0.39 is 0 Å². The minimum Gasteiger partial charge on any atom is -0.474 e. The summed E-state index contributed by atoms with van der Waals surface area (Å²) in [5, 5.41) is 12.6. The average molecular weight is 301 g/mol. The summed E-state index contributed by atoms with van der Waals surface area (Å²) in [7, 11) is 2.13. The Morgan fingerprint density at radius 1 is 1.23 bits per heavy atom. The van der Waals surface area contributed by atoms with Crippen LogP contribution in [-0.4, -0.2) is 62.3 Å². The lowest BCUT2D eigenvalue weighted by atomic mass is 10.1. The quantitative estimate of drug-likeness (QED) is 0.892. The fourth-order valence-corrected chi connectivity index (χ4v) is 2.99. The second-order valence-corrected chi connectivity index (χ2v) is 6.02. The first kappa shape index (κ1) is 15.1. The molecule has 2 fully saturated rings. The molecule has 1 aromatic heterocycles. The van der Waals surface area contributed by atoms with Gasteiger partial charge in [-0.2, -0.15) is 5.26 Å². The summed E-state index contributed by atoms with van der Waals surface area (Å²) in [5.41, 5.74) is 1.47. The number of hydrogen-bond acceptors (Lipinski definition) is 6. The molecule has 0 amide bonds. The van der Waals surface area contributed by atoms with Gasteiger partial charge in [-0.25, -0.2) is 4.98 Å². The number of piperazine rings is 1. The number of anilines is 1. The standard InChI is InChI=1S/C16H23N5O/c1-20-6-2-15(3-7-20)22-16-11-14(10-13(12-17)19-16)21-8-4-18-5-9-21/h10-11,15,18H,2-9H2,1H3. The van der Waals surface area contributed by atoms with Gasteiger partial charge in [-0.1, -0.05) is 0 Å². The summed E-state index contributed by atoms with van der Waals surface area (Å²) in [6, 6.07) is 5.98. The van der Waals surface area contributed by atoms with Gasteiger partial charge in [0.25, 0.3) is 0 Å². The van der Waals surface area contributed by atoms with Crippen molar-refractivity contribution >= 4 is 5.69 Å². The number of nitriles is 1. The monoisotopic (exact) mass is 301 g/mol. The first-order valence-electron chi connectivity index (χ1n) is 7.97. The SMILES string of the molecule is CN1CCC(Oc2cc(N3CCNCC3)cc(C#N)n2)CC1. The van der Waals surface area contributed by atoms with Crippen molar-refractivity contribution in [1.82, 2.24) is 15.2 Å². The van der Waals surface area contributed by atoms with Gasteiger partial charge < -0.3 is 19.9 Å². The number of piperidine rings is 1. The molecule has 0 saturated carbocycles. The Labute approximate surface area is 131 Å². The Morgan fingerprint density at radius 3 is 2.64 bits per heavy atom. The van der Waals surface area contributed by atoms with Crippen molar-refractivity contribution < 1.29 is 4.74 Å². The zero-order chi connectivity index (χ0) is 15.4. The van der Waals surface area contributed by atoms with Gasteiger partial charge in [-0.15, -0.1) is 0 Å². The molecule has 0 atom stereocenters. The maximum atomic E-state index is 9.22. The number of nitrogens with zero attached hydrogens (tertiary/aromatic N) is 4. The largest absolute Gasteiger partial charge is 0.474 e. The minimum absolute atomic E-state index is 0.202. The second kappa shape index (κ2) is 6.95. The van der Waals surface area contributed by atoms with Crippen LogP contribution in [0.1, 0.15) is 18.5 Å². The second-order valence-electron chi connectivity index (χ2n) is 6.02. The molecule has 2 aliphatic rings. The van der Waals surface area contributed by atoms with Gasteiger partial charge in [0.1, 0.15) is 17.9 Å². The third kappa shape index (κ3) is 3.67. The summed E-state index contributed by atoms with van der Waals surface area (Å²) in [5.74, 6) is 0.585. The predicted octanol–water partition coefficient (Wildman–Crippen LogP) is 0.836. The highest BCUT2D eigenvalue weighted by molar-refractivity contribution is 5.52. The maximum absolute atomic E-state index is 9.22. The Kier molecular flexibility index (Phi) is 4.76. The summed E-state index contributed by atoms with van der Waals surface area (Å²) in [4.78, 5) is 8.91. The Balaban J connectivity index is 1.74. The van der Waals surface area contributed by atoms with Gasteiger partial charge in [-0.05, 0) is 26.0 Å². The van der Waals surface area contributed by atoms with Crippen molar-refractivity contribution in [3.63, 3.8) is 0 Å². The lowest BCUT2D eigenvalue weighted by molar-refractivity contribution is 0.110. The third-order valence-electron chi connectivity index (χ3n) is 4.34. The van der Waals surface area contributed by atoms with Crippen molar-refractivity contribution in [2.75, 3.05) is 51.2 Å². The van der Waals surface area contributed by atoms with Gasteiger partial charge in [0, 0.05) is 51.0 Å². The van der Waals surface area contributed by atoms with Gasteiger partial charge >= 0.3 is 0 Å². The number of rotatable bonds is 3. The number of likely N-dealkylation sites (tertiary alicyclic amines) is 1. The van der Waals surface area contributed by atoms with E-state index in [0.29, 0.717) is 11.6 Å². The van der Waals surface area contributed by atoms with E-state index in [1.54, 1.807) is 0 Å². The molecule has 0 spiro atoms. The van der Waals surface area contributed by atoms with E-state index in [4.69, 9.17) is 4.74 Å². The fraction of sp³-hybridized carbons (Fsp3) is 0.625. The molecule has 22 heavy (non-hydrogen) atoms. The van der Waals surface area contributed by atoms with Crippen LogP contribution in [0, 0.1) is 11.3 Å². The van der Waals surface area contributed by atoms with Crippen LogP contribution in [0.4, 0.5) is 5.69 Å². The molecule has 6 heteroatoms. The van der Waals surface area contributed by atoms with Crippen molar-refractivity contribution in [1.29, 1.82) is 5.26 Å². The van der Waals surface area contributed by atoms with Gasteiger partial charge in [0.05, 0.1) is 0 Å². The van der Waals surface area contributed by atoms with Crippen LogP contribution >= 0.6 is 0 Å². The molecule has 2 saturated heterocycles. The zero-order valence-electron chi connectivity index (χ0n) is 13.1. The van der Waals surface area contributed by atoms with Crippen LogP contribution in [0.15, 0.2) is 12.1 Å². The molecule has 0 unspecified atom stereocenters. The molecule has 118 valence electrons. The molecule has 3 heterocycles. The number of pyridine rings is 1. The van der Waals surface area contributed by atoms with Crippen molar-refractivity contribution in [3.8, 4) is 11.9 Å². The number of aromatic nitrogens is 1. The summed E-state index contributed by atoms with van der Waals surface area (Å²) in [6.45, 7) is 5.93. The highest BCUT2D eigenvalue weighted by Gasteiger charge is 2.20. The Hall–Kier alpha value is -1.84. The number of nitrogens with one attached hydrogen (secondary N) is 1. The normalized spacial score (nSPS) is 20.6. The molecular weight excluding hydrogens is 278 g/mol. The van der Waals surface area contributed by atoms with E-state index in [1.807, 2.05) is 12.1 Å². The molecule has 0 aromatic carbocycles. The van der Waals surface area contributed by atoms with Crippen LogP contribution < -0.4 is 15.0 Å². The third-order valence-corrected chi connectivity index (χ3v) is 4.34. The highest BCUT2D eigenvalue weighted by Crippen LogP contribution is 2.24. The topological polar surface area (TPSA) is 64.4 Å². The Bertz CT molecular complexity index is 542. The molecular formula is C16H23N5O. The predicted molar refractivity (Wildman–Crippen MR) is 85.2 cm³/mol. The molecule has 1 aromatic rings. The van der Waals surface area contributed by atoms with E-state index in [0.717, 1.165) is 57.8 Å². The summed E-state index contributed by atoms with van der Waals surface area (Å²) < 4.78 is 6.05. The van der Waals surface area contributed by atoms with Gasteiger partial charge in [-0.3, -0.25) is 0 Å². The fourth-order valence-electron chi connectivity index (χ4n) is 2.99. The van der Waals surface area contributed by atoms with E-state index >= 15 is 0 Å². The van der Waals surface area contributed by atoms with Crippen molar-refractivity contribution in [2.24, 2.45) is 0 Å².